The molecule has 1 fully saturated rings. The molecule has 1 rings (SSSR count). The van der Waals surface area contributed by atoms with Gasteiger partial charge < -0.3 is 10.1 Å². The highest BCUT2D eigenvalue weighted by molar-refractivity contribution is 5.76. The summed E-state index contributed by atoms with van der Waals surface area (Å²) >= 11 is 0. The standard InChI is InChI=1S/C11H18F3NO2/c1-7(2)10-8(3-4-17-10)6-15-9(16)5-11(12,13)14/h7-8,10H,3-6H2,1-2H3,(H,15,16)/t8-,10-/m1/s1. The van der Waals surface area contributed by atoms with Crippen LogP contribution in [0.1, 0.15) is 26.7 Å². The molecule has 0 aromatic heterocycles. The Labute approximate surface area is 98.7 Å². The summed E-state index contributed by atoms with van der Waals surface area (Å²) in [5.74, 6) is -0.541. The molecule has 17 heavy (non-hydrogen) atoms. The van der Waals surface area contributed by atoms with Crippen LogP contribution in [0.2, 0.25) is 0 Å². The summed E-state index contributed by atoms with van der Waals surface area (Å²) < 4.78 is 41.3. The smallest absolute Gasteiger partial charge is 0.378 e. The van der Waals surface area contributed by atoms with Gasteiger partial charge in [0.15, 0.2) is 0 Å². The second-order valence-electron chi connectivity index (χ2n) is 4.72. The Kier molecular flexibility index (Phi) is 4.80. The lowest BCUT2D eigenvalue weighted by molar-refractivity contribution is -0.153. The quantitative estimate of drug-likeness (QED) is 0.833. The van der Waals surface area contributed by atoms with Crippen LogP contribution in [0.15, 0.2) is 0 Å². The molecule has 1 aliphatic rings. The van der Waals surface area contributed by atoms with E-state index in [2.05, 4.69) is 5.32 Å². The number of amides is 1. The summed E-state index contributed by atoms with van der Waals surface area (Å²) in [7, 11) is 0. The van der Waals surface area contributed by atoms with Crippen molar-refractivity contribution >= 4 is 5.91 Å². The molecule has 0 aromatic carbocycles. The SMILES string of the molecule is CC(C)[C@H]1OCC[C@@H]1CNC(=O)CC(F)(F)F. The Hall–Kier alpha value is -0.780. The van der Waals surface area contributed by atoms with Crippen LogP contribution in [0.5, 0.6) is 0 Å². The van der Waals surface area contributed by atoms with Crippen LogP contribution in [-0.4, -0.2) is 31.3 Å². The largest absolute Gasteiger partial charge is 0.397 e. The molecule has 2 atom stereocenters. The minimum absolute atomic E-state index is 0.0289. The fraction of sp³-hybridized carbons (Fsp3) is 0.909. The van der Waals surface area contributed by atoms with Crippen LogP contribution in [0, 0.1) is 11.8 Å². The van der Waals surface area contributed by atoms with Gasteiger partial charge in [-0.1, -0.05) is 13.8 Å². The molecule has 0 radical (unpaired) electrons. The summed E-state index contributed by atoms with van der Waals surface area (Å²) in [4.78, 5) is 11.0. The Morgan fingerprint density at radius 3 is 2.65 bits per heavy atom. The average molecular weight is 253 g/mol. The molecule has 0 bridgehead atoms. The molecule has 1 heterocycles. The topological polar surface area (TPSA) is 38.3 Å². The first-order valence-corrected chi connectivity index (χ1v) is 5.74. The fourth-order valence-electron chi connectivity index (χ4n) is 2.10. The first kappa shape index (κ1) is 14.3. The molecule has 100 valence electrons. The Balaban J connectivity index is 2.33. The van der Waals surface area contributed by atoms with Gasteiger partial charge in [-0.05, 0) is 12.3 Å². The third kappa shape index (κ3) is 4.93. The summed E-state index contributed by atoms with van der Waals surface area (Å²) in [6, 6.07) is 0. The van der Waals surface area contributed by atoms with E-state index in [0.717, 1.165) is 6.42 Å². The van der Waals surface area contributed by atoms with E-state index < -0.39 is 18.5 Å². The van der Waals surface area contributed by atoms with E-state index in [1.165, 1.54) is 0 Å². The molecule has 1 saturated heterocycles. The second kappa shape index (κ2) is 5.71. The predicted octanol–water partition coefficient (Wildman–Crippen LogP) is 2.12. The summed E-state index contributed by atoms with van der Waals surface area (Å²) in [6.07, 6.45) is -5.03. The average Bonchev–Trinajstić information content (AvgIpc) is 2.59. The monoisotopic (exact) mass is 253 g/mol. The van der Waals surface area contributed by atoms with Gasteiger partial charge in [-0.2, -0.15) is 13.2 Å². The molecular weight excluding hydrogens is 235 g/mol. The van der Waals surface area contributed by atoms with E-state index in [0.29, 0.717) is 12.5 Å². The van der Waals surface area contributed by atoms with E-state index in [1.807, 2.05) is 13.8 Å². The number of halogens is 3. The summed E-state index contributed by atoms with van der Waals surface area (Å²) in [5, 5.41) is 2.33. The lowest BCUT2D eigenvalue weighted by Gasteiger charge is -2.22. The van der Waals surface area contributed by atoms with Gasteiger partial charge in [0, 0.05) is 19.1 Å². The zero-order valence-electron chi connectivity index (χ0n) is 10.0. The van der Waals surface area contributed by atoms with Gasteiger partial charge in [0.05, 0.1) is 6.10 Å². The Morgan fingerprint density at radius 1 is 1.47 bits per heavy atom. The van der Waals surface area contributed by atoms with Gasteiger partial charge in [0.25, 0.3) is 0 Å². The van der Waals surface area contributed by atoms with Crippen LogP contribution in [0.25, 0.3) is 0 Å². The maximum Gasteiger partial charge on any atom is 0.397 e. The zero-order valence-corrected chi connectivity index (χ0v) is 10.0. The molecular formula is C11H18F3NO2. The first-order valence-electron chi connectivity index (χ1n) is 5.74. The first-order chi connectivity index (χ1) is 7.79. The van der Waals surface area contributed by atoms with Crippen molar-refractivity contribution in [1.29, 1.82) is 0 Å². The van der Waals surface area contributed by atoms with Crippen molar-refractivity contribution in [3.8, 4) is 0 Å². The van der Waals surface area contributed by atoms with Gasteiger partial charge in [-0.3, -0.25) is 4.79 Å². The molecule has 0 unspecified atom stereocenters. The molecule has 6 heteroatoms. The molecule has 3 nitrogen and oxygen atoms in total. The van der Waals surface area contributed by atoms with E-state index in [9.17, 15) is 18.0 Å². The van der Waals surface area contributed by atoms with Crippen molar-refractivity contribution in [2.75, 3.05) is 13.2 Å². The van der Waals surface area contributed by atoms with Crippen LogP contribution in [0.4, 0.5) is 13.2 Å². The lowest BCUT2D eigenvalue weighted by atomic mass is 9.93. The van der Waals surface area contributed by atoms with Crippen LogP contribution in [0.3, 0.4) is 0 Å². The minimum Gasteiger partial charge on any atom is -0.378 e. The normalized spacial score (nSPS) is 25.3. The van der Waals surface area contributed by atoms with Gasteiger partial charge >= 0.3 is 6.18 Å². The van der Waals surface area contributed by atoms with Crippen LogP contribution in [-0.2, 0) is 9.53 Å². The molecule has 0 saturated carbocycles. The van der Waals surface area contributed by atoms with Gasteiger partial charge in [0.1, 0.15) is 6.42 Å². The molecule has 0 spiro atoms. The number of carbonyl (C=O) groups is 1. The van der Waals surface area contributed by atoms with Gasteiger partial charge in [-0.15, -0.1) is 0 Å². The third-order valence-electron chi connectivity index (χ3n) is 2.84. The molecule has 1 N–H and O–H groups in total. The maximum atomic E-state index is 11.9. The number of hydrogen-bond acceptors (Lipinski definition) is 2. The van der Waals surface area contributed by atoms with Crippen molar-refractivity contribution in [2.45, 2.75) is 39.0 Å². The molecule has 0 aromatic rings. The van der Waals surface area contributed by atoms with Crippen molar-refractivity contribution in [1.82, 2.24) is 5.32 Å². The van der Waals surface area contributed by atoms with E-state index in [4.69, 9.17) is 4.74 Å². The fourth-order valence-corrected chi connectivity index (χ4v) is 2.10. The number of ether oxygens (including phenoxy) is 1. The third-order valence-corrected chi connectivity index (χ3v) is 2.84. The maximum absolute atomic E-state index is 11.9. The highest BCUT2D eigenvalue weighted by Gasteiger charge is 2.33. The van der Waals surface area contributed by atoms with Crippen molar-refractivity contribution < 1.29 is 22.7 Å². The van der Waals surface area contributed by atoms with Crippen molar-refractivity contribution in [3.63, 3.8) is 0 Å². The number of rotatable bonds is 4. The van der Waals surface area contributed by atoms with Crippen molar-refractivity contribution in [3.05, 3.63) is 0 Å². The summed E-state index contributed by atoms with van der Waals surface area (Å²) in [6.45, 7) is 4.88. The highest BCUT2D eigenvalue weighted by Crippen LogP contribution is 2.26. The Morgan fingerprint density at radius 2 is 2.12 bits per heavy atom. The Bertz CT molecular complexity index is 266. The van der Waals surface area contributed by atoms with Crippen molar-refractivity contribution in [2.24, 2.45) is 11.8 Å². The van der Waals surface area contributed by atoms with E-state index in [1.54, 1.807) is 0 Å². The molecule has 1 aliphatic heterocycles. The highest BCUT2D eigenvalue weighted by atomic mass is 19.4. The second-order valence-corrected chi connectivity index (χ2v) is 4.72. The minimum atomic E-state index is -4.44. The number of alkyl halides is 3. The van der Waals surface area contributed by atoms with E-state index >= 15 is 0 Å². The van der Waals surface area contributed by atoms with E-state index in [-0.39, 0.29) is 18.6 Å². The van der Waals surface area contributed by atoms with Gasteiger partial charge in [0.2, 0.25) is 5.91 Å². The summed E-state index contributed by atoms with van der Waals surface area (Å²) in [5.41, 5.74) is 0. The molecule has 0 aliphatic carbocycles. The predicted molar refractivity (Wildman–Crippen MR) is 56.4 cm³/mol. The zero-order chi connectivity index (χ0) is 13.1. The number of nitrogens with one attached hydrogen (secondary N) is 1. The van der Waals surface area contributed by atoms with Gasteiger partial charge in [-0.25, -0.2) is 0 Å². The number of carbonyl (C=O) groups excluding carboxylic acids is 1. The molecule has 1 amide bonds. The van der Waals surface area contributed by atoms with Crippen LogP contribution >= 0.6 is 0 Å². The lowest BCUT2D eigenvalue weighted by Crippen LogP contribution is -2.36. The number of hydrogen-bond donors (Lipinski definition) is 1. The van der Waals surface area contributed by atoms with Crippen LogP contribution < -0.4 is 5.32 Å².